The van der Waals surface area contributed by atoms with E-state index in [4.69, 9.17) is 18.9 Å². The van der Waals surface area contributed by atoms with Gasteiger partial charge in [-0.1, -0.05) is 12.1 Å². The number of amides is 1. The van der Waals surface area contributed by atoms with Crippen molar-refractivity contribution >= 4 is 17.4 Å². The van der Waals surface area contributed by atoms with Gasteiger partial charge in [0.05, 0.1) is 46.2 Å². The van der Waals surface area contributed by atoms with Gasteiger partial charge in [0, 0.05) is 37.3 Å². The molecule has 4 rings (SSSR count). The van der Waals surface area contributed by atoms with Crippen LogP contribution in [0.3, 0.4) is 0 Å². The first-order valence-electron chi connectivity index (χ1n) is 12.4. The topological polar surface area (TPSA) is 97.8 Å². The molecule has 37 heavy (non-hydrogen) atoms. The van der Waals surface area contributed by atoms with Crippen molar-refractivity contribution in [3.05, 3.63) is 58.7 Å². The number of carbonyl (C=O) groups is 2. The average molecular weight is 511 g/mol. The van der Waals surface area contributed by atoms with Crippen LogP contribution in [0.5, 0.6) is 17.2 Å². The van der Waals surface area contributed by atoms with E-state index in [0.717, 1.165) is 25.2 Å². The fraction of sp³-hybridized carbons (Fsp3) is 0.429. The Morgan fingerprint density at radius 2 is 1.73 bits per heavy atom. The SMILES string of the molecule is COc1ccc(C(O)=C2C(=O)C(=O)N(CCCN3CCOCC3)[C@@H]2c2cccc(OC)c2OC)cc1C. The summed E-state index contributed by atoms with van der Waals surface area (Å²) in [4.78, 5) is 30.6. The molecule has 0 aromatic heterocycles. The minimum absolute atomic E-state index is 0.0208. The van der Waals surface area contributed by atoms with Crippen LogP contribution >= 0.6 is 0 Å². The molecule has 0 spiro atoms. The molecule has 9 nitrogen and oxygen atoms in total. The van der Waals surface area contributed by atoms with Crippen molar-refractivity contribution in [1.29, 1.82) is 0 Å². The quantitative estimate of drug-likeness (QED) is 0.312. The second-order valence-electron chi connectivity index (χ2n) is 9.07. The molecule has 1 amide bonds. The molecule has 2 saturated heterocycles. The predicted molar refractivity (Wildman–Crippen MR) is 138 cm³/mol. The third-order valence-electron chi connectivity index (χ3n) is 6.91. The van der Waals surface area contributed by atoms with Crippen LogP contribution in [-0.4, -0.2) is 87.3 Å². The van der Waals surface area contributed by atoms with Crippen molar-refractivity contribution < 1.29 is 33.6 Å². The molecule has 0 radical (unpaired) electrons. The predicted octanol–water partition coefficient (Wildman–Crippen LogP) is 3.16. The van der Waals surface area contributed by atoms with Crippen molar-refractivity contribution in [2.45, 2.75) is 19.4 Å². The molecule has 2 heterocycles. The zero-order chi connectivity index (χ0) is 26.5. The van der Waals surface area contributed by atoms with Gasteiger partial charge in [-0.15, -0.1) is 0 Å². The summed E-state index contributed by atoms with van der Waals surface area (Å²) in [6.45, 7) is 6.00. The minimum Gasteiger partial charge on any atom is -0.507 e. The highest BCUT2D eigenvalue weighted by molar-refractivity contribution is 6.46. The lowest BCUT2D eigenvalue weighted by Crippen LogP contribution is -2.39. The van der Waals surface area contributed by atoms with Crippen LogP contribution < -0.4 is 14.2 Å². The summed E-state index contributed by atoms with van der Waals surface area (Å²) in [5, 5.41) is 11.4. The van der Waals surface area contributed by atoms with Crippen LogP contribution in [0, 0.1) is 6.92 Å². The normalized spacial score (nSPS) is 19.8. The number of ether oxygens (including phenoxy) is 4. The largest absolute Gasteiger partial charge is 0.507 e. The number of likely N-dealkylation sites (tertiary alicyclic amines) is 1. The first-order chi connectivity index (χ1) is 17.9. The molecule has 2 aliphatic rings. The van der Waals surface area contributed by atoms with E-state index in [1.807, 2.05) is 6.92 Å². The highest BCUT2D eigenvalue weighted by atomic mass is 16.5. The standard InChI is InChI=1S/C28H34N2O7/c1-18-17-19(9-10-21(18)34-2)25(31)23-24(20-7-5-8-22(35-3)27(20)36-4)30(28(33)26(23)32)12-6-11-29-13-15-37-16-14-29/h5,7-10,17,24,31H,6,11-16H2,1-4H3/t24-/m1/s1. The molecule has 2 fully saturated rings. The molecular weight excluding hydrogens is 476 g/mol. The average Bonchev–Trinajstić information content (AvgIpc) is 3.17. The molecule has 0 saturated carbocycles. The number of nitrogens with zero attached hydrogens (tertiary/aromatic N) is 2. The van der Waals surface area contributed by atoms with E-state index in [0.29, 0.717) is 54.6 Å². The number of aliphatic hydroxyl groups is 1. The highest BCUT2D eigenvalue weighted by Crippen LogP contribution is 2.45. The van der Waals surface area contributed by atoms with Gasteiger partial charge in [-0.2, -0.15) is 0 Å². The molecule has 9 heteroatoms. The number of aryl methyl sites for hydroxylation is 1. The fourth-order valence-electron chi connectivity index (χ4n) is 5.03. The Morgan fingerprint density at radius 3 is 2.38 bits per heavy atom. The lowest BCUT2D eigenvalue weighted by molar-refractivity contribution is -0.140. The second-order valence-corrected chi connectivity index (χ2v) is 9.07. The number of hydrogen-bond acceptors (Lipinski definition) is 8. The minimum atomic E-state index is -0.836. The maximum absolute atomic E-state index is 13.4. The lowest BCUT2D eigenvalue weighted by atomic mass is 9.93. The zero-order valence-electron chi connectivity index (χ0n) is 21.8. The maximum atomic E-state index is 13.4. The summed E-state index contributed by atoms with van der Waals surface area (Å²) in [5.74, 6) is -0.0808. The van der Waals surface area contributed by atoms with Crippen molar-refractivity contribution in [1.82, 2.24) is 9.80 Å². The Morgan fingerprint density at radius 1 is 1.00 bits per heavy atom. The first kappa shape index (κ1) is 26.5. The van der Waals surface area contributed by atoms with Crippen LogP contribution in [-0.2, 0) is 14.3 Å². The summed E-state index contributed by atoms with van der Waals surface area (Å²) in [6.07, 6.45) is 0.664. The van der Waals surface area contributed by atoms with E-state index >= 15 is 0 Å². The molecule has 2 aliphatic heterocycles. The number of morpholine rings is 1. The van der Waals surface area contributed by atoms with E-state index in [-0.39, 0.29) is 11.3 Å². The maximum Gasteiger partial charge on any atom is 0.295 e. The molecule has 198 valence electrons. The lowest BCUT2D eigenvalue weighted by Gasteiger charge is -2.30. The van der Waals surface area contributed by atoms with E-state index in [1.165, 1.54) is 19.1 Å². The van der Waals surface area contributed by atoms with Gasteiger partial charge in [0.2, 0.25) is 0 Å². The summed E-state index contributed by atoms with van der Waals surface area (Å²) in [7, 11) is 4.61. The van der Waals surface area contributed by atoms with E-state index < -0.39 is 17.7 Å². The highest BCUT2D eigenvalue weighted by Gasteiger charge is 2.47. The van der Waals surface area contributed by atoms with Gasteiger partial charge in [-0.05, 0) is 43.2 Å². The van der Waals surface area contributed by atoms with Crippen LogP contribution in [0.2, 0.25) is 0 Å². The number of carbonyl (C=O) groups excluding carboxylic acids is 2. The molecule has 1 N–H and O–H groups in total. The summed E-state index contributed by atoms with van der Waals surface area (Å²) in [5.41, 5.74) is 1.81. The van der Waals surface area contributed by atoms with Crippen LogP contribution in [0.15, 0.2) is 42.0 Å². The molecule has 1 atom stereocenters. The van der Waals surface area contributed by atoms with Crippen molar-refractivity contribution in [3.8, 4) is 17.2 Å². The van der Waals surface area contributed by atoms with Gasteiger partial charge >= 0.3 is 0 Å². The molecule has 0 unspecified atom stereocenters. The van der Waals surface area contributed by atoms with Gasteiger partial charge in [0.25, 0.3) is 11.7 Å². The monoisotopic (exact) mass is 510 g/mol. The van der Waals surface area contributed by atoms with E-state index in [2.05, 4.69) is 4.90 Å². The third kappa shape index (κ3) is 5.28. The summed E-state index contributed by atoms with van der Waals surface area (Å²) in [6, 6.07) is 9.62. The van der Waals surface area contributed by atoms with E-state index in [9.17, 15) is 14.7 Å². The number of aliphatic hydroxyl groups excluding tert-OH is 1. The van der Waals surface area contributed by atoms with Crippen molar-refractivity contribution in [2.75, 3.05) is 60.7 Å². The smallest absolute Gasteiger partial charge is 0.295 e. The number of rotatable bonds is 9. The molecule has 2 aromatic rings. The molecular formula is C28H34N2O7. The molecule has 0 aliphatic carbocycles. The fourth-order valence-corrected chi connectivity index (χ4v) is 5.03. The van der Waals surface area contributed by atoms with E-state index in [1.54, 1.807) is 43.5 Å². The van der Waals surface area contributed by atoms with Crippen LogP contribution in [0.1, 0.15) is 29.2 Å². The number of para-hydroxylation sites is 1. The summed E-state index contributed by atoms with van der Waals surface area (Å²) >= 11 is 0. The van der Waals surface area contributed by atoms with Gasteiger partial charge in [0.15, 0.2) is 11.5 Å². The number of ketones is 1. The summed E-state index contributed by atoms with van der Waals surface area (Å²) < 4.78 is 21.9. The number of methoxy groups -OCH3 is 3. The number of benzene rings is 2. The Labute approximate surface area is 217 Å². The van der Waals surface area contributed by atoms with Crippen molar-refractivity contribution in [2.24, 2.45) is 0 Å². The molecule has 0 bridgehead atoms. The Balaban J connectivity index is 1.77. The second kappa shape index (κ2) is 11.7. The van der Waals surface area contributed by atoms with Crippen LogP contribution in [0.25, 0.3) is 5.76 Å². The van der Waals surface area contributed by atoms with Crippen molar-refractivity contribution in [3.63, 3.8) is 0 Å². The first-order valence-corrected chi connectivity index (χ1v) is 12.4. The molecule has 2 aromatic carbocycles. The van der Waals surface area contributed by atoms with Gasteiger partial charge in [0.1, 0.15) is 11.5 Å². The Hall–Kier alpha value is -3.56. The Bertz CT molecular complexity index is 1190. The van der Waals surface area contributed by atoms with Gasteiger partial charge in [-0.25, -0.2) is 0 Å². The number of Topliss-reactive ketones (excluding diaryl/α,β-unsaturated/α-hetero) is 1. The third-order valence-corrected chi connectivity index (χ3v) is 6.91. The number of hydrogen-bond donors (Lipinski definition) is 1. The van der Waals surface area contributed by atoms with Crippen LogP contribution in [0.4, 0.5) is 0 Å². The zero-order valence-corrected chi connectivity index (χ0v) is 21.8. The van der Waals surface area contributed by atoms with Gasteiger partial charge in [-0.3, -0.25) is 14.5 Å². The van der Waals surface area contributed by atoms with Gasteiger partial charge < -0.3 is 29.0 Å². The Kier molecular flexibility index (Phi) is 8.35.